The van der Waals surface area contributed by atoms with Gasteiger partial charge < -0.3 is 4.98 Å². The van der Waals surface area contributed by atoms with Gasteiger partial charge >= 0.3 is 0 Å². The van der Waals surface area contributed by atoms with Crippen LogP contribution < -0.4 is 0 Å². The number of aromatic amines is 1. The van der Waals surface area contributed by atoms with Crippen LogP contribution in [0.4, 0.5) is 0 Å². The molecular formula is C12H13NO. The van der Waals surface area contributed by atoms with Crippen LogP contribution in [0.1, 0.15) is 28.9 Å². The van der Waals surface area contributed by atoms with Crippen LogP contribution in [-0.4, -0.2) is 10.8 Å². The lowest BCUT2D eigenvalue weighted by Gasteiger charge is -1.89. The largest absolute Gasteiger partial charge is 0.361 e. The highest BCUT2D eigenvalue weighted by Gasteiger charge is 2.30. The molecule has 72 valence electrons. The standard InChI is InChI=1S/C12H13NO/c1-2-3-4-11-7-10(8-13-11)12(14)9-5-6-9/h2-4,7-9,13H,1,5-6H2/b4-3-. The topological polar surface area (TPSA) is 32.9 Å². The van der Waals surface area contributed by atoms with E-state index in [4.69, 9.17) is 0 Å². The van der Waals surface area contributed by atoms with Crippen molar-refractivity contribution in [2.24, 2.45) is 5.92 Å². The number of carbonyl (C=O) groups excluding carboxylic acids is 1. The SMILES string of the molecule is C=C/C=C\c1cc(C(=O)C2CC2)c[nH]1. The third-order valence-electron chi connectivity index (χ3n) is 2.35. The van der Waals surface area contributed by atoms with Crippen LogP contribution in [0.5, 0.6) is 0 Å². The number of hydrogen-bond donors (Lipinski definition) is 1. The van der Waals surface area contributed by atoms with Gasteiger partial charge in [0.25, 0.3) is 0 Å². The monoisotopic (exact) mass is 187 g/mol. The van der Waals surface area contributed by atoms with Crippen molar-refractivity contribution in [1.29, 1.82) is 0 Å². The molecule has 1 saturated carbocycles. The van der Waals surface area contributed by atoms with E-state index in [0.717, 1.165) is 24.1 Å². The molecule has 1 N–H and O–H groups in total. The van der Waals surface area contributed by atoms with Gasteiger partial charge in [-0.25, -0.2) is 0 Å². The molecule has 1 heterocycles. The first-order valence-corrected chi connectivity index (χ1v) is 4.83. The smallest absolute Gasteiger partial charge is 0.167 e. The summed E-state index contributed by atoms with van der Waals surface area (Å²) >= 11 is 0. The van der Waals surface area contributed by atoms with Gasteiger partial charge in [0.05, 0.1) is 0 Å². The average Bonchev–Trinajstić information content (AvgIpc) is 2.94. The first-order valence-electron chi connectivity index (χ1n) is 4.83. The summed E-state index contributed by atoms with van der Waals surface area (Å²) in [6.45, 7) is 3.59. The molecule has 1 aromatic heterocycles. The van der Waals surface area contributed by atoms with Crippen molar-refractivity contribution >= 4 is 11.9 Å². The maximum Gasteiger partial charge on any atom is 0.167 e. The van der Waals surface area contributed by atoms with Gasteiger partial charge in [-0.2, -0.15) is 0 Å². The highest BCUT2D eigenvalue weighted by atomic mass is 16.1. The Hall–Kier alpha value is -1.57. The Labute approximate surface area is 83.3 Å². The van der Waals surface area contributed by atoms with Crippen molar-refractivity contribution in [2.75, 3.05) is 0 Å². The minimum atomic E-state index is 0.277. The fourth-order valence-corrected chi connectivity index (χ4v) is 1.40. The number of rotatable bonds is 4. The second-order valence-corrected chi connectivity index (χ2v) is 3.58. The maximum absolute atomic E-state index is 11.6. The summed E-state index contributed by atoms with van der Waals surface area (Å²) in [7, 11) is 0. The van der Waals surface area contributed by atoms with E-state index >= 15 is 0 Å². The van der Waals surface area contributed by atoms with Gasteiger partial charge in [0, 0.05) is 23.4 Å². The van der Waals surface area contributed by atoms with Crippen LogP contribution in [0.2, 0.25) is 0 Å². The predicted octanol–water partition coefficient (Wildman–Crippen LogP) is 2.81. The minimum Gasteiger partial charge on any atom is -0.361 e. The summed E-state index contributed by atoms with van der Waals surface area (Å²) in [5.74, 6) is 0.571. The number of carbonyl (C=O) groups is 1. The number of aromatic nitrogens is 1. The van der Waals surface area contributed by atoms with Gasteiger partial charge in [-0.3, -0.25) is 4.79 Å². The number of hydrogen-bond acceptors (Lipinski definition) is 1. The molecule has 1 aliphatic rings. The molecule has 2 nitrogen and oxygen atoms in total. The van der Waals surface area contributed by atoms with Crippen LogP contribution in [0.15, 0.2) is 31.0 Å². The molecule has 2 heteroatoms. The highest BCUT2D eigenvalue weighted by molar-refractivity contribution is 5.99. The molecule has 0 aromatic carbocycles. The second kappa shape index (κ2) is 3.66. The zero-order valence-electron chi connectivity index (χ0n) is 7.99. The summed E-state index contributed by atoms with van der Waals surface area (Å²) in [5, 5.41) is 0. The van der Waals surface area contributed by atoms with Crippen molar-refractivity contribution < 1.29 is 4.79 Å². The number of Topliss-reactive ketones (excluding diaryl/α,β-unsaturated/α-hetero) is 1. The third kappa shape index (κ3) is 1.84. The van der Waals surface area contributed by atoms with E-state index in [2.05, 4.69) is 11.6 Å². The highest BCUT2D eigenvalue weighted by Crippen LogP contribution is 2.32. The first-order chi connectivity index (χ1) is 6.81. The van der Waals surface area contributed by atoms with E-state index in [0.29, 0.717) is 5.92 Å². The minimum absolute atomic E-state index is 0.277. The summed E-state index contributed by atoms with van der Waals surface area (Å²) < 4.78 is 0. The molecule has 0 aliphatic heterocycles. The number of nitrogens with one attached hydrogen (secondary N) is 1. The van der Waals surface area contributed by atoms with Crippen molar-refractivity contribution in [2.45, 2.75) is 12.8 Å². The van der Waals surface area contributed by atoms with Crippen molar-refractivity contribution in [3.05, 3.63) is 42.3 Å². The molecule has 0 radical (unpaired) electrons. The van der Waals surface area contributed by atoms with Crippen LogP contribution >= 0.6 is 0 Å². The Morgan fingerprint density at radius 2 is 2.36 bits per heavy atom. The first kappa shape index (κ1) is 9.00. The Morgan fingerprint density at radius 3 is 3.00 bits per heavy atom. The fourth-order valence-electron chi connectivity index (χ4n) is 1.40. The fraction of sp³-hybridized carbons (Fsp3) is 0.250. The molecule has 1 fully saturated rings. The summed E-state index contributed by atoms with van der Waals surface area (Å²) in [6, 6.07) is 1.89. The van der Waals surface area contributed by atoms with E-state index < -0.39 is 0 Å². The molecule has 14 heavy (non-hydrogen) atoms. The van der Waals surface area contributed by atoms with Gasteiger partial charge in [-0.1, -0.05) is 18.7 Å². The Kier molecular flexibility index (Phi) is 2.35. The van der Waals surface area contributed by atoms with Crippen molar-refractivity contribution in [3.8, 4) is 0 Å². The zero-order valence-corrected chi connectivity index (χ0v) is 7.99. The second-order valence-electron chi connectivity index (χ2n) is 3.58. The summed E-state index contributed by atoms with van der Waals surface area (Å²) in [5.41, 5.74) is 1.75. The average molecular weight is 187 g/mol. The predicted molar refractivity (Wildman–Crippen MR) is 57.1 cm³/mol. The number of H-pyrrole nitrogens is 1. The lowest BCUT2D eigenvalue weighted by atomic mass is 10.1. The van der Waals surface area contributed by atoms with Crippen molar-refractivity contribution in [1.82, 2.24) is 4.98 Å². The summed E-state index contributed by atoms with van der Waals surface area (Å²) in [6.07, 6.45) is 9.35. The molecule has 0 unspecified atom stereocenters. The maximum atomic E-state index is 11.6. The number of ketones is 1. The van der Waals surface area contributed by atoms with Gasteiger partial charge in [0.2, 0.25) is 0 Å². The summed E-state index contributed by atoms with van der Waals surface area (Å²) in [4.78, 5) is 14.7. The Bertz CT molecular complexity index is 383. The molecule has 0 amide bonds. The van der Waals surface area contributed by atoms with Gasteiger partial charge in [-0.15, -0.1) is 0 Å². The van der Waals surface area contributed by atoms with Crippen LogP contribution in [0.3, 0.4) is 0 Å². The number of allylic oxidation sites excluding steroid dienone is 2. The molecule has 1 aliphatic carbocycles. The molecule has 0 bridgehead atoms. The van der Waals surface area contributed by atoms with Crippen LogP contribution in [-0.2, 0) is 0 Å². The van der Waals surface area contributed by atoms with E-state index in [1.165, 1.54) is 0 Å². The zero-order chi connectivity index (χ0) is 9.97. The van der Waals surface area contributed by atoms with Crippen molar-refractivity contribution in [3.63, 3.8) is 0 Å². The van der Waals surface area contributed by atoms with E-state index in [-0.39, 0.29) is 5.78 Å². The van der Waals surface area contributed by atoms with E-state index in [1.807, 2.05) is 18.2 Å². The van der Waals surface area contributed by atoms with Gasteiger partial charge in [0.15, 0.2) is 5.78 Å². The molecule has 1 aromatic rings. The van der Waals surface area contributed by atoms with E-state index in [9.17, 15) is 4.79 Å². The molecule has 0 spiro atoms. The van der Waals surface area contributed by atoms with E-state index in [1.54, 1.807) is 12.3 Å². The molecule has 0 atom stereocenters. The Morgan fingerprint density at radius 1 is 1.57 bits per heavy atom. The molecule has 2 rings (SSSR count). The molecule has 0 saturated heterocycles. The third-order valence-corrected chi connectivity index (χ3v) is 2.35. The normalized spacial score (nSPS) is 16.0. The van der Waals surface area contributed by atoms with Crippen LogP contribution in [0, 0.1) is 5.92 Å². The van der Waals surface area contributed by atoms with Crippen LogP contribution in [0.25, 0.3) is 6.08 Å². The lowest BCUT2D eigenvalue weighted by Crippen LogP contribution is -1.98. The Balaban J connectivity index is 2.12. The van der Waals surface area contributed by atoms with Gasteiger partial charge in [0.1, 0.15) is 0 Å². The quantitative estimate of drug-likeness (QED) is 0.570. The molecular weight excluding hydrogens is 174 g/mol. The van der Waals surface area contributed by atoms with Gasteiger partial charge in [-0.05, 0) is 25.0 Å². The lowest BCUT2D eigenvalue weighted by molar-refractivity contribution is 0.0968.